The zero-order valence-electron chi connectivity index (χ0n) is 13.8. The Kier molecular flexibility index (Phi) is 4.81. The molecule has 0 aliphatic carbocycles. The van der Waals surface area contributed by atoms with Crippen LogP contribution in [0.15, 0.2) is 12.4 Å². The zero-order valence-corrected chi connectivity index (χ0v) is 13.8. The van der Waals surface area contributed by atoms with E-state index in [4.69, 9.17) is 0 Å². The van der Waals surface area contributed by atoms with Gasteiger partial charge in [0.2, 0.25) is 5.91 Å². The van der Waals surface area contributed by atoms with E-state index in [0.717, 1.165) is 57.7 Å². The van der Waals surface area contributed by atoms with Crippen LogP contribution in [0.2, 0.25) is 0 Å². The third kappa shape index (κ3) is 3.69. The van der Waals surface area contributed by atoms with Crippen molar-refractivity contribution >= 4 is 5.91 Å². The lowest BCUT2D eigenvalue weighted by atomic mass is 9.94. The van der Waals surface area contributed by atoms with Crippen molar-refractivity contribution in [3.8, 4) is 0 Å². The van der Waals surface area contributed by atoms with Gasteiger partial charge in [0.25, 0.3) is 0 Å². The predicted molar refractivity (Wildman–Crippen MR) is 86.5 cm³/mol. The lowest BCUT2D eigenvalue weighted by molar-refractivity contribution is -0.127. The van der Waals surface area contributed by atoms with Crippen molar-refractivity contribution in [2.75, 3.05) is 19.6 Å². The number of amides is 1. The molecule has 0 spiro atoms. The summed E-state index contributed by atoms with van der Waals surface area (Å²) in [6.07, 6.45) is 7.84. The van der Waals surface area contributed by atoms with E-state index in [1.165, 1.54) is 0 Å². The van der Waals surface area contributed by atoms with E-state index in [1.54, 1.807) is 0 Å². The maximum atomic E-state index is 12.5. The summed E-state index contributed by atoms with van der Waals surface area (Å²) >= 11 is 0. The number of hydrogen-bond donors (Lipinski definition) is 1. The van der Waals surface area contributed by atoms with Crippen molar-refractivity contribution < 1.29 is 4.79 Å². The molecule has 0 saturated carbocycles. The molecule has 2 aliphatic heterocycles. The van der Waals surface area contributed by atoms with Gasteiger partial charge in [-0.1, -0.05) is 13.8 Å². The monoisotopic (exact) mass is 304 g/mol. The van der Waals surface area contributed by atoms with E-state index in [0.29, 0.717) is 5.92 Å². The second-order valence-electron chi connectivity index (χ2n) is 7.21. The van der Waals surface area contributed by atoms with Gasteiger partial charge in [0.05, 0.1) is 0 Å². The molecule has 22 heavy (non-hydrogen) atoms. The minimum atomic E-state index is 0.201. The minimum Gasteiger partial charge on any atom is -0.351 e. The van der Waals surface area contributed by atoms with Gasteiger partial charge < -0.3 is 14.8 Å². The van der Waals surface area contributed by atoms with Gasteiger partial charge in [-0.3, -0.25) is 4.79 Å². The smallest absolute Gasteiger partial charge is 0.223 e. The number of fused-ring (bicyclic) bond motifs is 1. The highest BCUT2D eigenvalue weighted by molar-refractivity contribution is 5.79. The Bertz CT molecular complexity index is 503. The van der Waals surface area contributed by atoms with Crippen LogP contribution in [0.25, 0.3) is 0 Å². The molecule has 1 fully saturated rings. The first kappa shape index (κ1) is 15.5. The van der Waals surface area contributed by atoms with Crippen molar-refractivity contribution in [2.24, 2.45) is 11.8 Å². The van der Waals surface area contributed by atoms with Crippen LogP contribution in [0, 0.1) is 11.8 Å². The Hall–Kier alpha value is -1.36. The van der Waals surface area contributed by atoms with Gasteiger partial charge in [-0.15, -0.1) is 0 Å². The molecule has 1 aromatic rings. The number of carbonyl (C=O) groups excluding carboxylic acids is 1. The number of likely N-dealkylation sites (tertiary alicyclic amines) is 1. The summed E-state index contributed by atoms with van der Waals surface area (Å²) < 4.78 is 2.17. The number of carbonyl (C=O) groups is 1. The lowest BCUT2D eigenvalue weighted by Crippen LogP contribution is -2.46. The Morgan fingerprint density at radius 3 is 2.86 bits per heavy atom. The van der Waals surface area contributed by atoms with Gasteiger partial charge >= 0.3 is 0 Å². The third-order valence-corrected chi connectivity index (χ3v) is 4.86. The standard InChI is InChI=1S/C17H28N4O/c1-13(2)11-20-8-5-14(6-9-20)17(22)19-15-3-4-16-18-7-10-21(16)12-15/h7,10,13-15H,3-6,8-9,11-12H2,1-2H3,(H,19,22)/t15-/m0/s1. The molecule has 3 rings (SSSR count). The van der Waals surface area contributed by atoms with Crippen LogP contribution in [-0.2, 0) is 17.8 Å². The van der Waals surface area contributed by atoms with Gasteiger partial charge in [-0.2, -0.15) is 0 Å². The maximum absolute atomic E-state index is 12.5. The van der Waals surface area contributed by atoms with E-state index in [-0.39, 0.29) is 17.9 Å². The summed E-state index contributed by atoms with van der Waals surface area (Å²) in [7, 11) is 0. The number of hydrogen-bond acceptors (Lipinski definition) is 3. The highest BCUT2D eigenvalue weighted by atomic mass is 16.2. The zero-order chi connectivity index (χ0) is 15.5. The van der Waals surface area contributed by atoms with Crippen molar-refractivity contribution in [1.82, 2.24) is 19.8 Å². The van der Waals surface area contributed by atoms with Crippen LogP contribution >= 0.6 is 0 Å². The van der Waals surface area contributed by atoms with E-state index in [1.807, 2.05) is 12.4 Å². The quantitative estimate of drug-likeness (QED) is 0.921. The first-order valence-electron chi connectivity index (χ1n) is 8.64. The topological polar surface area (TPSA) is 50.2 Å². The second kappa shape index (κ2) is 6.82. The van der Waals surface area contributed by atoms with E-state index >= 15 is 0 Å². The molecule has 3 heterocycles. The number of nitrogens with zero attached hydrogens (tertiary/aromatic N) is 3. The molecule has 122 valence electrons. The summed E-state index contributed by atoms with van der Waals surface area (Å²) in [5.74, 6) is 2.31. The molecule has 0 bridgehead atoms. The molecule has 1 N–H and O–H groups in total. The van der Waals surface area contributed by atoms with Crippen molar-refractivity contribution in [3.63, 3.8) is 0 Å². The third-order valence-electron chi connectivity index (χ3n) is 4.86. The summed E-state index contributed by atoms with van der Waals surface area (Å²) in [6.45, 7) is 8.66. The van der Waals surface area contributed by atoms with E-state index in [9.17, 15) is 4.79 Å². The Labute approximate surface area is 133 Å². The van der Waals surface area contributed by atoms with Crippen molar-refractivity contribution in [2.45, 2.75) is 52.1 Å². The molecule has 2 aliphatic rings. The number of rotatable bonds is 4. The molecule has 5 heteroatoms. The predicted octanol–water partition coefficient (Wildman–Crippen LogP) is 1.68. The van der Waals surface area contributed by atoms with Crippen molar-refractivity contribution in [3.05, 3.63) is 18.2 Å². The van der Waals surface area contributed by atoms with Gasteiger partial charge in [0.15, 0.2) is 0 Å². The van der Waals surface area contributed by atoms with Gasteiger partial charge in [-0.05, 0) is 38.3 Å². The highest BCUT2D eigenvalue weighted by Gasteiger charge is 2.28. The molecule has 1 amide bonds. The summed E-state index contributed by atoms with van der Waals surface area (Å²) in [4.78, 5) is 19.3. The van der Waals surface area contributed by atoms with Crippen molar-refractivity contribution in [1.29, 1.82) is 0 Å². The molecule has 0 aromatic carbocycles. The number of nitrogens with one attached hydrogen (secondary N) is 1. The highest BCUT2D eigenvalue weighted by Crippen LogP contribution is 2.20. The second-order valence-corrected chi connectivity index (χ2v) is 7.21. The average Bonchev–Trinajstić information content (AvgIpc) is 2.95. The van der Waals surface area contributed by atoms with E-state index < -0.39 is 0 Å². The summed E-state index contributed by atoms with van der Waals surface area (Å²) in [5.41, 5.74) is 0. The van der Waals surface area contributed by atoms with Gasteiger partial charge in [0.1, 0.15) is 5.82 Å². The first-order valence-corrected chi connectivity index (χ1v) is 8.64. The fourth-order valence-electron chi connectivity index (χ4n) is 3.70. The normalized spacial score (nSPS) is 23.5. The van der Waals surface area contributed by atoms with E-state index in [2.05, 4.69) is 33.6 Å². The van der Waals surface area contributed by atoms with Crippen LogP contribution in [-0.4, -0.2) is 46.0 Å². The Morgan fingerprint density at radius 2 is 2.14 bits per heavy atom. The molecule has 0 radical (unpaired) electrons. The largest absolute Gasteiger partial charge is 0.351 e. The molecule has 5 nitrogen and oxygen atoms in total. The van der Waals surface area contributed by atoms with Crippen LogP contribution in [0.1, 0.15) is 38.9 Å². The Morgan fingerprint density at radius 1 is 1.36 bits per heavy atom. The number of piperidine rings is 1. The van der Waals surface area contributed by atoms with Crippen LogP contribution in [0.5, 0.6) is 0 Å². The van der Waals surface area contributed by atoms with Gasteiger partial charge in [-0.25, -0.2) is 4.98 Å². The SMILES string of the molecule is CC(C)CN1CCC(C(=O)N[C@H]2CCc3nccn3C2)CC1. The maximum Gasteiger partial charge on any atom is 0.223 e. The molecule has 1 atom stereocenters. The average molecular weight is 304 g/mol. The van der Waals surface area contributed by atoms with Gasteiger partial charge in [0, 0.05) is 43.9 Å². The van der Waals surface area contributed by atoms with Crippen LogP contribution in [0.3, 0.4) is 0 Å². The molecular formula is C17H28N4O. The molecule has 1 aromatic heterocycles. The number of aromatic nitrogens is 2. The first-order chi connectivity index (χ1) is 10.6. The fraction of sp³-hybridized carbons (Fsp3) is 0.765. The van der Waals surface area contributed by atoms with Crippen LogP contribution in [0.4, 0.5) is 0 Å². The summed E-state index contributed by atoms with van der Waals surface area (Å²) in [6, 6.07) is 0.267. The molecule has 0 unspecified atom stereocenters. The van der Waals surface area contributed by atoms with Crippen LogP contribution < -0.4 is 5.32 Å². The summed E-state index contributed by atoms with van der Waals surface area (Å²) in [5, 5.41) is 3.27. The fourth-order valence-corrected chi connectivity index (χ4v) is 3.70. The Balaban J connectivity index is 1.45. The number of aryl methyl sites for hydroxylation is 1. The lowest BCUT2D eigenvalue weighted by Gasteiger charge is -2.33. The molecular weight excluding hydrogens is 276 g/mol. The number of imidazole rings is 1. The minimum absolute atomic E-state index is 0.201. The molecule has 1 saturated heterocycles.